The summed E-state index contributed by atoms with van der Waals surface area (Å²) in [4.78, 5) is 25.4. The lowest BCUT2D eigenvalue weighted by Gasteiger charge is -2.35. The topological polar surface area (TPSA) is 75.4 Å². The van der Waals surface area contributed by atoms with Gasteiger partial charge in [0.05, 0.1) is 17.6 Å². The molecule has 0 spiro atoms. The third kappa shape index (κ3) is 3.49. The number of nitrogens with zero attached hydrogens (tertiary/aromatic N) is 1. The summed E-state index contributed by atoms with van der Waals surface area (Å²) in [5, 5.41) is 2.36. The molecule has 0 aromatic carbocycles. The Morgan fingerprint density at radius 2 is 2.17 bits per heavy atom. The third-order valence-electron chi connectivity index (χ3n) is 3.43. The maximum Gasteiger partial charge on any atom is 0.243 e. The maximum atomic E-state index is 11.7. The minimum absolute atomic E-state index is 0.207. The predicted molar refractivity (Wildman–Crippen MR) is 74.0 cm³/mol. The van der Waals surface area contributed by atoms with E-state index in [1.54, 1.807) is 0 Å². The van der Waals surface area contributed by atoms with E-state index in [9.17, 15) is 9.59 Å². The molecule has 5 nitrogen and oxygen atoms in total. The van der Waals surface area contributed by atoms with Crippen LogP contribution in [0.3, 0.4) is 0 Å². The first-order valence-electron chi connectivity index (χ1n) is 6.15. The van der Waals surface area contributed by atoms with Gasteiger partial charge in [-0.1, -0.05) is 33.0 Å². The lowest BCUT2D eigenvalue weighted by Crippen LogP contribution is -2.58. The van der Waals surface area contributed by atoms with Crippen LogP contribution in [0.25, 0.3) is 0 Å². The van der Waals surface area contributed by atoms with Gasteiger partial charge in [0.15, 0.2) is 0 Å². The van der Waals surface area contributed by atoms with Crippen LogP contribution < -0.4 is 11.1 Å². The zero-order valence-corrected chi connectivity index (χ0v) is 12.0. The van der Waals surface area contributed by atoms with Gasteiger partial charge in [0.2, 0.25) is 11.8 Å². The highest BCUT2D eigenvalue weighted by Crippen LogP contribution is 2.22. The van der Waals surface area contributed by atoms with Crippen molar-refractivity contribution in [2.75, 3.05) is 13.1 Å². The molecule has 18 heavy (non-hydrogen) atoms. The van der Waals surface area contributed by atoms with Gasteiger partial charge in [-0.3, -0.25) is 19.8 Å². The number of rotatable bonds is 5. The lowest BCUT2D eigenvalue weighted by atomic mass is 9.89. The molecule has 1 unspecified atom stereocenters. The van der Waals surface area contributed by atoms with Gasteiger partial charge >= 0.3 is 0 Å². The summed E-state index contributed by atoms with van der Waals surface area (Å²) >= 11 is 5.02. The van der Waals surface area contributed by atoms with Crippen LogP contribution in [0.1, 0.15) is 33.6 Å². The van der Waals surface area contributed by atoms with Gasteiger partial charge in [-0.2, -0.15) is 0 Å². The molecule has 0 radical (unpaired) electrons. The van der Waals surface area contributed by atoms with Gasteiger partial charge in [0, 0.05) is 12.0 Å². The van der Waals surface area contributed by atoms with Gasteiger partial charge in [0.25, 0.3) is 0 Å². The van der Waals surface area contributed by atoms with E-state index in [-0.39, 0.29) is 29.8 Å². The first-order valence-corrected chi connectivity index (χ1v) is 6.56. The number of hydrogen-bond donors (Lipinski definition) is 2. The molecule has 0 aliphatic carbocycles. The fraction of sp³-hybridized carbons (Fsp3) is 0.750. The molecule has 0 bridgehead atoms. The van der Waals surface area contributed by atoms with Gasteiger partial charge in [-0.15, -0.1) is 0 Å². The van der Waals surface area contributed by atoms with Crippen molar-refractivity contribution in [2.45, 2.75) is 39.7 Å². The summed E-state index contributed by atoms with van der Waals surface area (Å²) in [5.74, 6) is -0.445. The number of amides is 2. The first kappa shape index (κ1) is 15.0. The van der Waals surface area contributed by atoms with Gasteiger partial charge in [-0.25, -0.2) is 0 Å². The average molecular weight is 271 g/mol. The van der Waals surface area contributed by atoms with Crippen molar-refractivity contribution in [3.05, 3.63) is 0 Å². The molecule has 1 aliphatic rings. The monoisotopic (exact) mass is 271 g/mol. The van der Waals surface area contributed by atoms with E-state index >= 15 is 0 Å². The molecule has 0 saturated carbocycles. The van der Waals surface area contributed by atoms with E-state index in [4.69, 9.17) is 18.0 Å². The molecule has 2 amide bonds. The van der Waals surface area contributed by atoms with Crippen LogP contribution in [0.5, 0.6) is 0 Å². The van der Waals surface area contributed by atoms with Crippen molar-refractivity contribution in [2.24, 2.45) is 11.1 Å². The molecule has 1 fully saturated rings. The molecule has 1 atom stereocenters. The third-order valence-corrected chi connectivity index (χ3v) is 3.98. The summed E-state index contributed by atoms with van der Waals surface area (Å²) in [6.45, 7) is 6.79. The summed E-state index contributed by atoms with van der Waals surface area (Å²) in [6.07, 6.45) is 1.42. The molecule has 1 rings (SSSR count). The second-order valence-corrected chi connectivity index (χ2v) is 5.74. The van der Waals surface area contributed by atoms with E-state index in [2.05, 4.69) is 5.32 Å². The summed E-state index contributed by atoms with van der Waals surface area (Å²) in [7, 11) is 0. The first-order chi connectivity index (χ1) is 8.27. The van der Waals surface area contributed by atoms with Gasteiger partial charge in [0.1, 0.15) is 0 Å². The maximum absolute atomic E-state index is 11.7. The Hall–Kier alpha value is -1.01. The normalized spacial score (nSPS) is 21.8. The molecular weight excluding hydrogens is 250 g/mol. The second kappa shape index (κ2) is 5.75. The summed E-state index contributed by atoms with van der Waals surface area (Å²) in [5.41, 5.74) is 5.41. The predicted octanol–water partition coefficient (Wildman–Crippen LogP) is 0.426. The standard InChI is InChI=1S/C12H21N3O2S/c1-4-8-10(17)14-9(16)7-15(8)6-5-12(2,3)11(13)18/h8H,4-7H2,1-3H3,(H2,13,18)(H,14,16,17). The quantitative estimate of drug-likeness (QED) is 0.560. The minimum Gasteiger partial charge on any atom is -0.393 e. The fourth-order valence-corrected chi connectivity index (χ4v) is 2.05. The highest BCUT2D eigenvalue weighted by atomic mass is 32.1. The number of nitrogens with two attached hydrogens (primary N) is 1. The molecule has 0 aromatic heterocycles. The van der Waals surface area contributed by atoms with Crippen molar-refractivity contribution in [3.8, 4) is 0 Å². The highest BCUT2D eigenvalue weighted by Gasteiger charge is 2.33. The molecule has 6 heteroatoms. The number of imide groups is 1. The van der Waals surface area contributed by atoms with Crippen LogP contribution in [0.2, 0.25) is 0 Å². The summed E-state index contributed by atoms with van der Waals surface area (Å²) in [6, 6.07) is -0.232. The molecule has 102 valence electrons. The highest BCUT2D eigenvalue weighted by molar-refractivity contribution is 7.80. The number of hydrogen-bond acceptors (Lipinski definition) is 4. The SMILES string of the molecule is CCC1C(=O)NC(=O)CN1CCC(C)(C)C(N)=S. The number of nitrogens with one attached hydrogen (secondary N) is 1. The number of carbonyl (C=O) groups is 2. The molecule has 1 aliphatic heterocycles. The van der Waals surface area contributed by atoms with Crippen LogP contribution in [0.4, 0.5) is 0 Å². The minimum atomic E-state index is -0.259. The Morgan fingerprint density at radius 3 is 2.67 bits per heavy atom. The van der Waals surface area contributed by atoms with E-state index < -0.39 is 0 Å². The van der Waals surface area contributed by atoms with E-state index in [0.29, 0.717) is 18.0 Å². The van der Waals surface area contributed by atoms with Gasteiger partial charge in [-0.05, 0) is 12.8 Å². The van der Waals surface area contributed by atoms with Crippen molar-refractivity contribution in [1.82, 2.24) is 10.2 Å². The summed E-state index contributed by atoms with van der Waals surface area (Å²) < 4.78 is 0. The van der Waals surface area contributed by atoms with Gasteiger partial charge < -0.3 is 5.73 Å². The Bertz CT molecular complexity index is 368. The molecule has 1 heterocycles. The van der Waals surface area contributed by atoms with E-state index in [0.717, 1.165) is 6.42 Å². The van der Waals surface area contributed by atoms with Crippen LogP contribution in [0.15, 0.2) is 0 Å². The molecular formula is C12H21N3O2S. The largest absolute Gasteiger partial charge is 0.393 e. The van der Waals surface area contributed by atoms with Crippen molar-refractivity contribution in [1.29, 1.82) is 0 Å². The smallest absolute Gasteiger partial charge is 0.243 e. The van der Waals surface area contributed by atoms with Crippen molar-refractivity contribution < 1.29 is 9.59 Å². The van der Waals surface area contributed by atoms with Crippen molar-refractivity contribution >= 4 is 29.0 Å². The van der Waals surface area contributed by atoms with Crippen LogP contribution in [-0.2, 0) is 9.59 Å². The number of piperazine rings is 1. The zero-order valence-electron chi connectivity index (χ0n) is 11.2. The molecule has 1 saturated heterocycles. The Morgan fingerprint density at radius 1 is 1.56 bits per heavy atom. The van der Waals surface area contributed by atoms with Crippen molar-refractivity contribution in [3.63, 3.8) is 0 Å². The Kier molecular flexibility index (Phi) is 4.81. The number of thiocarbonyl (C=S) groups is 1. The van der Waals surface area contributed by atoms with Crippen LogP contribution in [-0.4, -0.2) is 40.8 Å². The fourth-order valence-electron chi connectivity index (χ4n) is 1.95. The molecule has 0 aromatic rings. The zero-order chi connectivity index (χ0) is 13.9. The Labute approximate surface area is 113 Å². The average Bonchev–Trinajstić information content (AvgIpc) is 2.25. The lowest BCUT2D eigenvalue weighted by molar-refractivity contribution is -0.140. The second-order valence-electron chi connectivity index (χ2n) is 5.31. The van der Waals surface area contributed by atoms with Crippen LogP contribution >= 0.6 is 12.2 Å². The molecule has 3 N–H and O–H groups in total. The Balaban J connectivity index is 2.66. The van der Waals surface area contributed by atoms with E-state index in [1.165, 1.54) is 0 Å². The van der Waals surface area contributed by atoms with Crippen LogP contribution in [0, 0.1) is 5.41 Å². The van der Waals surface area contributed by atoms with E-state index in [1.807, 2.05) is 25.7 Å². The number of carbonyl (C=O) groups excluding carboxylic acids is 2.